The monoisotopic (exact) mass is 300 g/mol. The first-order chi connectivity index (χ1) is 10.2. The Balaban J connectivity index is 2.29. The summed E-state index contributed by atoms with van der Waals surface area (Å²) in [5, 5.41) is 14.6. The fourth-order valence-electron chi connectivity index (χ4n) is 2.13. The Morgan fingerprint density at radius 1 is 1.29 bits per heavy atom. The van der Waals surface area contributed by atoms with E-state index in [0.29, 0.717) is 33.4 Å². The summed E-state index contributed by atoms with van der Waals surface area (Å²) in [6, 6.07) is 7.57. The summed E-state index contributed by atoms with van der Waals surface area (Å²) in [7, 11) is 3.17. The van der Waals surface area contributed by atoms with Gasteiger partial charge in [0.2, 0.25) is 4.96 Å². The molecule has 0 saturated carbocycles. The largest absolute Gasteiger partial charge is 0.497 e. The Morgan fingerprint density at radius 2 is 2.10 bits per heavy atom. The van der Waals surface area contributed by atoms with Crippen LogP contribution in [-0.4, -0.2) is 28.8 Å². The molecule has 0 N–H and O–H groups in total. The highest BCUT2D eigenvalue weighted by Gasteiger charge is 2.20. The summed E-state index contributed by atoms with van der Waals surface area (Å²) in [4.78, 5) is 5.20. The van der Waals surface area contributed by atoms with Gasteiger partial charge in [0, 0.05) is 5.56 Å². The first kappa shape index (κ1) is 13.4. The Hall–Kier alpha value is -2.59. The number of nitriles is 1. The highest BCUT2D eigenvalue weighted by atomic mass is 32.1. The van der Waals surface area contributed by atoms with Crippen molar-refractivity contribution < 1.29 is 9.47 Å². The number of aryl methyl sites for hydroxylation is 1. The van der Waals surface area contributed by atoms with Crippen molar-refractivity contribution in [3.8, 4) is 28.8 Å². The number of aromatic nitrogens is 3. The van der Waals surface area contributed by atoms with Gasteiger partial charge in [0.1, 0.15) is 28.3 Å². The van der Waals surface area contributed by atoms with Crippen LogP contribution in [0.3, 0.4) is 0 Å². The third-order valence-electron chi connectivity index (χ3n) is 3.07. The second-order valence-electron chi connectivity index (χ2n) is 4.30. The molecule has 7 heteroatoms. The number of nitrogens with zero attached hydrogens (tertiary/aromatic N) is 4. The molecule has 21 heavy (non-hydrogen) atoms. The van der Waals surface area contributed by atoms with Gasteiger partial charge in [-0.05, 0) is 25.1 Å². The van der Waals surface area contributed by atoms with Gasteiger partial charge in [-0.25, -0.2) is 4.98 Å². The zero-order chi connectivity index (χ0) is 15.0. The highest BCUT2D eigenvalue weighted by molar-refractivity contribution is 7.16. The van der Waals surface area contributed by atoms with Gasteiger partial charge in [-0.15, -0.1) is 0 Å². The maximum absolute atomic E-state index is 9.45. The molecule has 0 aliphatic carbocycles. The average Bonchev–Trinajstić information content (AvgIpc) is 3.01. The average molecular weight is 300 g/mol. The van der Waals surface area contributed by atoms with Gasteiger partial charge in [-0.1, -0.05) is 11.3 Å². The van der Waals surface area contributed by atoms with E-state index in [2.05, 4.69) is 16.2 Å². The van der Waals surface area contributed by atoms with Gasteiger partial charge in [0.05, 0.1) is 14.2 Å². The van der Waals surface area contributed by atoms with E-state index in [4.69, 9.17) is 9.47 Å². The normalized spacial score (nSPS) is 10.6. The lowest BCUT2D eigenvalue weighted by atomic mass is 10.1. The Kier molecular flexibility index (Phi) is 3.23. The number of ether oxygens (including phenoxy) is 2. The second kappa shape index (κ2) is 5.07. The number of hydrogen-bond donors (Lipinski definition) is 0. The highest BCUT2D eigenvalue weighted by Crippen LogP contribution is 2.35. The van der Waals surface area contributed by atoms with Crippen LogP contribution in [0.2, 0.25) is 0 Å². The van der Waals surface area contributed by atoms with Gasteiger partial charge in [-0.2, -0.15) is 14.9 Å². The molecular formula is C14H12N4O2S. The zero-order valence-corrected chi connectivity index (χ0v) is 12.6. The molecule has 1 aromatic carbocycles. The molecule has 2 heterocycles. The summed E-state index contributed by atoms with van der Waals surface area (Å²) in [6.45, 7) is 1.88. The lowest BCUT2D eigenvalue weighted by molar-refractivity contribution is 0.404. The number of benzene rings is 1. The first-order valence-electron chi connectivity index (χ1n) is 6.16. The SMILES string of the molecule is COc1ccc(OC)c(-c2nc3sc(C)nn3c2C#N)c1. The number of rotatable bonds is 3. The molecule has 3 rings (SSSR count). The first-order valence-corrected chi connectivity index (χ1v) is 6.98. The van der Waals surface area contributed by atoms with Crippen molar-refractivity contribution in [1.82, 2.24) is 14.6 Å². The van der Waals surface area contributed by atoms with E-state index in [-0.39, 0.29) is 0 Å². The van der Waals surface area contributed by atoms with Crippen LogP contribution in [0.4, 0.5) is 0 Å². The zero-order valence-electron chi connectivity index (χ0n) is 11.7. The van der Waals surface area contributed by atoms with E-state index in [1.807, 2.05) is 6.92 Å². The van der Waals surface area contributed by atoms with Gasteiger partial charge in [-0.3, -0.25) is 0 Å². The van der Waals surface area contributed by atoms with Crippen LogP contribution in [0, 0.1) is 18.3 Å². The summed E-state index contributed by atoms with van der Waals surface area (Å²) in [6.07, 6.45) is 0. The van der Waals surface area contributed by atoms with E-state index in [1.165, 1.54) is 11.3 Å². The lowest BCUT2D eigenvalue weighted by Crippen LogP contribution is -1.94. The Labute approximate surface area is 125 Å². The van der Waals surface area contributed by atoms with Crippen LogP contribution in [0.25, 0.3) is 16.2 Å². The molecule has 106 valence electrons. The minimum atomic E-state index is 0.390. The van der Waals surface area contributed by atoms with E-state index >= 15 is 0 Å². The fourth-order valence-corrected chi connectivity index (χ4v) is 2.87. The van der Waals surface area contributed by atoms with E-state index < -0.39 is 0 Å². The summed E-state index contributed by atoms with van der Waals surface area (Å²) < 4.78 is 12.2. The molecule has 0 unspecified atom stereocenters. The van der Waals surface area contributed by atoms with Crippen LogP contribution in [-0.2, 0) is 0 Å². The second-order valence-corrected chi connectivity index (χ2v) is 5.46. The summed E-state index contributed by atoms with van der Waals surface area (Å²) in [5.41, 5.74) is 1.65. The van der Waals surface area contributed by atoms with Crippen LogP contribution >= 0.6 is 11.3 Å². The number of methoxy groups -OCH3 is 2. The number of fused-ring (bicyclic) bond motifs is 1. The van der Waals surface area contributed by atoms with Gasteiger partial charge >= 0.3 is 0 Å². The third kappa shape index (κ3) is 2.10. The maximum atomic E-state index is 9.45. The van der Waals surface area contributed by atoms with Crippen molar-refractivity contribution in [2.45, 2.75) is 6.92 Å². The smallest absolute Gasteiger partial charge is 0.213 e. The van der Waals surface area contributed by atoms with Gasteiger partial charge in [0.25, 0.3) is 0 Å². The Morgan fingerprint density at radius 3 is 2.76 bits per heavy atom. The molecule has 0 spiro atoms. The van der Waals surface area contributed by atoms with Crippen LogP contribution in [0.1, 0.15) is 10.7 Å². The third-order valence-corrected chi connectivity index (χ3v) is 3.90. The molecule has 0 aliphatic rings. The van der Waals surface area contributed by atoms with Gasteiger partial charge < -0.3 is 9.47 Å². The number of imidazole rings is 1. The molecule has 0 fully saturated rings. The van der Waals surface area contributed by atoms with Crippen molar-refractivity contribution in [2.75, 3.05) is 14.2 Å². The van der Waals surface area contributed by atoms with Gasteiger partial charge in [0.15, 0.2) is 5.69 Å². The predicted molar refractivity (Wildman–Crippen MR) is 78.9 cm³/mol. The van der Waals surface area contributed by atoms with Crippen molar-refractivity contribution in [2.24, 2.45) is 0 Å². The standard InChI is InChI=1S/C14H12N4O2S/c1-8-17-18-11(7-15)13(16-14(18)21-8)10-6-9(19-2)4-5-12(10)20-3/h4-6H,1-3H3. The summed E-state index contributed by atoms with van der Waals surface area (Å²) >= 11 is 1.44. The molecule has 0 radical (unpaired) electrons. The van der Waals surface area contributed by atoms with Crippen molar-refractivity contribution >= 4 is 16.3 Å². The quantitative estimate of drug-likeness (QED) is 0.743. The molecular weight excluding hydrogens is 288 g/mol. The minimum absolute atomic E-state index is 0.390. The minimum Gasteiger partial charge on any atom is -0.497 e. The molecule has 6 nitrogen and oxygen atoms in total. The van der Waals surface area contributed by atoms with Crippen molar-refractivity contribution in [3.05, 3.63) is 28.9 Å². The van der Waals surface area contributed by atoms with Crippen molar-refractivity contribution in [3.63, 3.8) is 0 Å². The molecule has 0 saturated heterocycles. The van der Waals surface area contributed by atoms with E-state index in [0.717, 1.165) is 5.01 Å². The Bertz CT molecular complexity index is 860. The van der Waals surface area contributed by atoms with Crippen LogP contribution < -0.4 is 9.47 Å². The molecule has 0 aliphatic heterocycles. The molecule has 0 atom stereocenters. The maximum Gasteiger partial charge on any atom is 0.213 e. The van der Waals surface area contributed by atoms with Crippen LogP contribution in [0.5, 0.6) is 11.5 Å². The molecule has 0 amide bonds. The molecule has 0 bridgehead atoms. The van der Waals surface area contributed by atoms with Crippen molar-refractivity contribution in [1.29, 1.82) is 5.26 Å². The predicted octanol–water partition coefficient (Wildman–Crippen LogP) is 2.66. The van der Waals surface area contributed by atoms with E-state index in [9.17, 15) is 5.26 Å². The molecule has 3 aromatic rings. The topological polar surface area (TPSA) is 72.4 Å². The summed E-state index contributed by atoms with van der Waals surface area (Å²) in [5.74, 6) is 1.31. The number of hydrogen-bond acceptors (Lipinski definition) is 6. The fraction of sp³-hybridized carbons (Fsp3) is 0.214. The molecule has 2 aromatic heterocycles. The van der Waals surface area contributed by atoms with E-state index in [1.54, 1.807) is 36.9 Å². The van der Waals surface area contributed by atoms with Crippen LogP contribution in [0.15, 0.2) is 18.2 Å². The lowest BCUT2D eigenvalue weighted by Gasteiger charge is -2.08.